The van der Waals surface area contributed by atoms with Gasteiger partial charge >= 0.3 is 19.8 Å². The smallest absolute Gasteiger partial charge is 0.466 e. The topological polar surface area (TPSA) is 135 Å². The molecule has 2 aromatic heterocycles. The van der Waals surface area contributed by atoms with Crippen LogP contribution in [0.2, 0.25) is 0 Å². The van der Waals surface area contributed by atoms with Crippen molar-refractivity contribution in [3.8, 4) is 0 Å². The summed E-state index contributed by atoms with van der Waals surface area (Å²) in [7, 11) is 1.44. The van der Waals surface area contributed by atoms with Crippen molar-refractivity contribution < 1.29 is 50.9 Å². The summed E-state index contributed by atoms with van der Waals surface area (Å²) >= 11 is 0. The zero-order chi connectivity index (χ0) is 44.9. The van der Waals surface area contributed by atoms with Crippen LogP contribution in [0.3, 0.4) is 0 Å². The van der Waals surface area contributed by atoms with Crippen molar-refractivity contribution >= 4 is 19.8 Å². The molecule has 11 nitrogen and oxygen atoms in total. The fraction of sp³-hybridized carbons (Fsp3) is 0.796. The Morgan fingerprint density at radius 2 is 1.13 bits per heavy atom. The van der Waals surface area contributed by atoms with Crippen LogP contribution in [0.4, 0.5) is 0 Å². The van der Waals surface area contributed by atoms with Gasteiger partial charge < -0.3 is 27.7 Å². The van der Waals surface area contributed by atoms with Crippen molar-refractivity contribution in [2.24, 2.45) is 0 Å². The van der Waals surface area contributed by atoms with Crippen LogP contribution in [0.15, 0.2) is 14.9 Å². The van der Waals surface area contributed by atoms with Gasteiger partial charge in [0.05, 0.1) is 27.7 Å². The number of ether oxygens (including phenoxy) is 2. The van der Waals surface area contributed by atoms with Gasteiger partial charge in [0.25, 0.3) is 0 Å². The van der Waals surface area contributed by atoms with Crippen molar-refractivity contribution in [1.82, 2.24) is 0 Å². The van der Waals surface area contributed by atoms with E-state index in [0.717, 1.165) is 113 Å². The average molecular weight is 881 g/mol. The third-order valence-electron chi connectivity index (χ3n) is 11.5. The number of phosphoric acid groups is 1. The fourth-order valence-electron chi connectivity index (χ4n) is 7.43. The number of carbonyl (C=O) groups is 2. The number of hydrogen-bond donors (Lipinski definition) is 1. The van der Waals surface area contributed by atoms with Crippen LogP contribution >= 0.6 is 7.82 Å². The number of hydrogen-bond acceptors (Lipinski definition) is 9. The van der Waals surface area contributed by atoms with Crippen molar-refractivity contribution in [3.63, 3.8) is 0 Å². The first-order valence-corrected chi connectivity index (χ1v) is 25.6. The van der Waals surface area contributed by atoms with Gasteiger partial charge in [-0.3, -0.25) is 18.6 Å². The van der Waals surface area contributed by atoms with E-state index in [-0.39, 0.29) is 32.0 Å². The lowest BCUT2D eigenvalue weighted by Crippen LogP contribution is -2.37. The second-order valence-electron chi connectivity index (χ2n) is 18.3. The Balaban J connectivity index is 1.63. The van der Waals surface area contributed by atoms with E-state index in [1.165, 1.54) is 68.1 Å². The minimum absolute atomic E-state index is 0.0203. The van der Waals surface area contributed by atoms with Gasteiger partial charge in [0, 0.05) is 38.5 Å². The zero-order valence-electron chi connectivity index (χ0n) is 39.9. The van der Waals surface area contributed by atoms with E-state index in [4.69, 9.17) is 27.4 Å². The Kier molecular flexibility index (Phi) is 28.2. The number of rotatable bonds is 38. The molecule has 0 aliphatic carbocycles. The number of nitrogens with zero attached hydrogens (tertiary/aromatic N) is 1. The molecule has 0 aliphatic rings. The normalized spacial score (nSPS) is 13.4. The van der Waals surface area contributed by atoms with Gasteiger partial charge in [-0.25, -0.2) is 4.57 Å². The third-order valence-corrected chi connectivity index (χ3v) is 12.4. The van der Waals surface area contributed by atoms with Crippen LogP contribution < -0.4 is 0 Å². The van der Waals surface area contributed by atoms with Crippen LogP contribution in [0.25, 0.3) is 0 Å². The molecule has 0 saturated carbocycles. The second-order valence-corrected chi connectivity index (χ2v) is 19.7. The Labute approximate surface area is 370 Å². The molecular weight excluding hydrogens is 794 g/mol. The summed E-state index contributed by atoms with van der Waals surface area (Å²) in [5.41, 5.74) is 3.91. The maximum absolute atomic E-state index is 12.8. The number of esters is 2. The molecule has 2 heterocycles. The van der Waals surface area contributed by atoms with Gasteiger partial charge in [-0.1, -0.05) is 104 Å². The Morgan fingerprint density at radius 1 is 0.623 bits per heavy atom. The maximum atomic E-state index is 12.8. The van der Waals surface area contributed by atoms with Crippen molar-refractivity contribution in [1.29, 1.82) is 0 Å². The Hall–Kier alpha value is -2.43. The Bertz CT molecular complexity index is 1530. The summed E-state index contributed by atoms with van der Waals surface area (Å²) in [6.45, 7) is 10.7. The number of unbranched alkanes of at least 4 members (excludes halogenated alkanes) is 16. The molecule has 0 spiro atoms. The van der Waals surface area contributed by atoms with E-state index in [1.807, 2.05) is 21.1 Å². The van der Waals surface area contributed by atoms with E-state index in [9.17, 15) is 19.0 Å². The first kappa shape index (κ1) is 54.7. The summed E-state index contributed by atoms with van der Waals surface area (Å²) in [4.78, 5) is 35.6. The van der Waals surface area contributed by atoms with Gasteiger partial charge in [0.15, 0.2) is 6.10 Å². The summed E-state index contributed by atoms with van der Waals surface area (Å²) in [6.07, 6.45) is 25.2. The van der Waals surface area contributed by atoms with Crippen LogP contribution in [-0.4, -0.2) is 74.9 Å². The molecule has 1 N–H and O–H groups in total. The molecule has 0 aromatic carbocycles. The molecule has 2 rings (SSSR count). The average Bonchev–Trinajstić information content (AvgIpc) is 3.69. The minimum Gasteiger partial charge on any atom is -0.466 e. The largest absolute Gasteiger partial charge is 0.472 e. The lowest BCUT2D eigenvalue weighted by molar-refractivity contribution is -0.870. The van der Waals surface area contributed by atoms with Gasteiger partial charge in [-0.15, -0.1) is 0 Å². The molecule has 352 valence electrons. The molecule has 61 heavy (non-hydrogen) atoms. The molecule has 12 heteroatoms. The van der Waals surface area contributed by atoms with E-state index >= 15 is 0 Å². The maximum Gasteiger partial charge on any atom is 0.472 e. The lowest BCUT2D eigenvalue weighted by Gasteiger charge is -2.24. The highest BCUT2D eigenvalue weighted by Crippen LogP contribution is 2.43. The van der Waals surface area contributed by atoms with E-state index in [2.05, 4.69) is 40.7 Å². The summed E-state index contributed by atoms with van der Waals surface area (Å²) in [5.74, 6) is 3.74. The molecular formula is C49H87NO10P+. The first-order valence-electron chi connectivity index (χ1n) is 24.1. The number of aryl methyl sites for hydroxylation is 5. The quantitative estimate of drug-likeness (QED) is 0.0300. The standard InChI is InChI=1S/C49H86NO10P/c1-9-11-24-30-43-37-40(3)45(58-43)31-25-20-16-12-14-18-22-27-33-48(51)55-38-44(39-57-61(53,54)56-36-35-50(6,7)8)59-49(52)34-28-23-19-15-13-17-21-26-32-47-42(5)41(4)46(60-47)29-10-2/h37,44H,9-36,38-39H2,1-8H3/p+1. The highest BCUT2D eigenvalue weighted by Gasteiger charge is 2.27. The highest BCUT2D eigenvalue weighted by atomic mass is 31.2. The number of likely N-dealkylation sites (N-methyl/N-ethyl adjacent to an activating group) is 1. The molecule has 2 unspecified atom stereocenters. The number of furan rings is 2. The summed E-state index contributed by atoms with van der Waals surface area (Å²) < 4.78 is 46.7. The molecule has 0 radical (unpaired) electrons. The van der Waals surface area contributed by atoms with Crippen LogP contribution in [-0.2, 0) is 58.4 Å². The second kappa shape index (κ2) is 31.4. The Morgan fingerprint density at radius 3 is 1.69 bits per heavy atom. The van der Waals surface area contributed by atoms with E-state index in [0.29, 0.717) is 23.9 Å². The first-order chi connectivity index (χ1) is 29.1. The zero-order valence-corrected chi connectivity index (χ0v) is 40.8. The molecule has 0 aliphatic heterocycles. The fourth-order valence-corrected chi connectivity index (χ4v) is 8.17. The van der Waals surface area contributed by atoms with Gasteiger partial charge in [-0.2, -0.15) is 0 Å². The molecule has 2 atom stereocenters. The van der Waals surface area contributed by atoms with Crippen LogP contribution in [0.1, 0.15) is 195 Å². The van der Waals surface area contributed by atoms with Gasteiger partial charge in [-0.05, 0) is 82.1 Å². The number of quaternary nitrogens is 1. The van der Waals surface area contributed by atoms with Crippen molar-refractivity contribution in [2.75, 3.05) is 47.5 Å². The highest BCUT2D eigenvalue weighted by molar-refractivity contribution is 7.47. The lowest BCUT2D eigenvalue weighted by atomic mass is 10.0. The van der Waals surface area contributed by atoms with Gasteiger partial charge in [0.1, 0.15) is 42.8 Å². The molecule has 0 saturated heterocycles. The SMILES string of the molecule is CCCCCc1cc(C)c(CCCCCCCCCCC(=O)OCC(COP(=O)(O)OCC[N+](C)(C)C)OC(=O)CCCCCCCCCCc2oc(CCC)c(C)c2C)o1. The molecule has 0 fully saturated rings. The monoisotopic (exact) mass is 881 g/mol. The van der Waals surface area contributed by atoms with Crippen molar-refractivity contribution in [3.05, 3.63) is 45.8 Å². The van der Waals surface area contributed by atoms with E-state index in [1.54, 1.807) is 0 Å². The molecule has 0 bridgehead atoms. The van der Waals surface area contributed by atoms with Crippen molar-refractivity contribution in [2.45, 2.75) is 208 Å². The predicted molar refractivity (Wildman–Crippen MR) is 245 cm³/mol. The third kappa shape index (κ3) is 26.1. The summed E-state index contributed by atoms with van der Waals surface area (Å²) in [6, 6.07) is 2.21. The number of carbonyl (C=O) groups excluding carboxylic acids is 2. The van der Waals surface area contributed by atoms with Crippen LogP contribution in [0, 0.1) is 20.8 Å². The molecule has 2 aromatic rings. The number of phosphoric ester groups is 1. The van der Waals surface area contributed by atoms with Crippen LogP contribution in [0.5, 0.6) is 0 Å². The predicted octanol–water partition coefficient (Wildman–Crippen LogP) is 12.6. The van der Waals surface area contributed by atoms with Gasteiger partial charge in [0.2, 0.25) is 0 Å². The van der Waals surface area contributed by atoms with E-state index < -0.39 is 26.5 Å². The summed E-state index contributed by atoms with van der Waals surface area (Å²) in [5, 5.41) is 0. The molecule has 0 amide bonds. The minimum atomic E-state index is -4.40.